The standard InChI is InChI=1S/C20H24ClNO2/c1-5-15(4)22-20(23)17-8-6-16(7-9-17)12-24-18-10-13(2)19(21)14(3)11-18/h6-11,15H,5,12H2,1-4H3,(H,22,23)/t15-/m1/s1. The van der Waals surface area contributed by atoms with E-state index in [1.54, 1.807) is 0 Å². The zero-order valence-corrected chi connectivity index (χ0v) is 15.4. The van der Waals surface area contributed by atoms with Gasteiger partial charge in [-0.25, -0.2) is 0 Å². The van der Waals surface area contributed by atoms with E-state index >= 15 is 0 Å². The third-order valence-electron chi connectivity index (χ3n) is 4.02. The van der Waals surface area contributed by atoms with E-state index in [1.807, 2.05) is 64.1 Å². The second-order valence-corrected chi connectivity index (χ2v) is 6.52. The van der Waals surface area contributed by atoms with Crippen molar-refractivity contribution in [3.8, 4) is 5.75 Å². The lowest BCUT2D eigenvalue weighted by molar-refractivity contribution is 0.0939. The van der Waals surface area contributed by atoms with Gasteiger partial charge in [0.1, 0.15) is 12.4 Å². The van der Waals surface area contributed by atoms with Crippen molar-refractivity contribution in [2.75, 3.05) is 0 Å². The summed E-state index contributed by atoms with van der Waals surface area (Å²) in [4.78, 5) is 12.1. The number of halogens is 1. The highest BCUT2D eigenvalue weighted by Gasteiger charge is 2.08. The molecule has 0 aliphatic carbocycles. The monoisotopic (exact) mass is 345 g/mol. The van der Waals surface area contributed by atoms with E-state index < -0.39 is 0 Å². The summed E-state index contributed by atoms with van der Waals surface area (Å²) in [7, 11) is 0. The average Bonchev–Trinajstić information content (AvgIpc) is 2.57. The molecule has 0 aromatic heterocycles. The lowest BCUT2D eigenvalue weighted by Crippen LogP contribution is -2.31. The van der Waals surface area contributed by atoms with E-state index in [2.05, 4.69) is 5.32 Å². The van der Waals surface area contributed by atoms with Crippen LogP contribution in [-0.4, -0.2) is 11.9 Å². The number of rotatable bonds is 6. The molecule has 0 saturated carbocycles. The normalized spacial score (nSPS) is 11.9. The van der Waals surface area contributed by atoms with E-state index in [0.717, 1.165) is 33.9 Å². The van der Waals surface area contributed by atoms with E-state index in [-0.39, 0.29) is 11.9 Å². The summed E-state index contributed by atoms with van der Waals surface area (Å²) in [5.41, 5.74) is 3.69. The first-order valence-electron chi connectivity index (χ1n) is 8.20. The fourth-order valence-corrected chi connectivity index (χ4v) is 2.43. The van der Waals surface area contributed by atoms with Gasteiger partial charge in [-0.2, -0.15) is 0 Å². The minimum absolute atomic E-state index is 0.0410. The SMILES string of the molecule is CC[C@@H](C)NC(=O)c1ccc(COc2cc(C)c(Cl)c(C)c2)cc1. The summed E-state index contributed by atoms with van der Waals surface area (Å²) in [6.07, 6.45) is 0.914. The fraction of sp³-hybridized carbons (Fsp3) is 0.350. The minimum atomic E-state index is -0.0410. The van der Waals surface area contributed by atoms with Crippen LogP contribution in [0.25, 0.3) is 0 Å². The van der Waals surface area contributed by atoms with Gasteiger partial charge in [0.25, 0.3) is 5.91 Å². The van der Waals surface area contributed by atoms with Gasteiger partial charge in [-0.05, 0) is 68.1 Å². The number of carbonyl (C=O) groups excluding carboxylic acids is 1. The van der Waals surface area contributed by atoms with Crippen LogP contribution in [0.1, 0.15) is 47.3 Å². The predicted octanol–water partition coefficient (Wildman–Crippen LogP) is 5.06. The first-order valence-corrected chi connectivity index (χ1v) is 8.57. The number of ether oxygens (including phenoxy) is 1. The van der Waals surface area contributed by atoms with Crippen LogP contribution in [0.2, 0.25) is 5.02 Å². The quantitative estimate of drug-likeness (QED) is 0.794. The summed E-state index contributed by atoms with van der Waals surface area (Å²) in [5.74, 6) is 0.758. The van der Waals surface area contributed by atoms with Crippen LogP contribution in [0, 0.1) is 13.8 Å². The van der Waals surface area contributed by atoms with Crippen LogP contribution < -0.4 is 10.1 Å². The number of benzene rings is 2. The molecule has 1 amide bonds. The summed E-state index contributed by atoms with van der Waals surface area (Å²) in [5, 5.41) is 3.74. The molecule has 0 bridgehead atoms. The van der Waals surface area contributed by atoms with Crippen LogP contribution >= 0.6 is 11.6 Å². The van der Waals surface area contributed by atoms with Crippen LogP contribution in [0.5, 0.6) is 5.75 Å². The molecule has 0 heterocycles. The van der Waals surface area contributed by atoms with Crippen LogP contribution in [0.15, 0.2) is 36.4 Å². The Kier molecular flexibility index (Phi) is 6.27. The molecule has 4 heteroatoms. The van der Waals surface area contributed by atoms with Gasteiger partial charge in [-0.3, -0.25) is 4.79 Å². The third-order valence-corrected chi connectivity index (χ3v) is 4.62. The molecule has 128 valence electrons. The molecular weight excluding hydrogens is 322 g/mol. The Morgan fingerprint density at radius 3 is 2.29 bits per heavy atom. The number of hydrogen-bond acceptors (Lipinski definition) is 2. The Balaban J connectivity index is 1.98. The number of carbonyl (C=O) groups is 1. The van der Waals surface area contributed by atoms with Crippen molar-refractivity contribution >= 4 is 17.5 Å². The van der Waals surface area contributed by atoms with Gasteiger partial charge in [-0.15, -0.1) is 0 Å². The first-order chi connectivity index (χ1) is 11.4. The molecule has 2 aromatic carbocycles. The maximum Gasteiger partial charge on any atom is 0.251 e. The molecule has 0 saturated heterocycles. The Morgan fingerprint density at radius 2 is 1.75 bits per heavy atom. The summed E-state index contributed by atoms with van der Waals surface area (Å²) >= 11 is 6.17. The van der Waals surface area contributed by atoms with Gasteiger partial charge in [0.05, 0.1) is 0 Å². The number of amides is 1. The van der Waals surface area contributed by atoms with Gasteiger partial charge in [0, 0.05) is 16.6 Å². The molecule has 24 heavy (non-hydrogen) atoms. The molecule has 0 unspecified atom stereocenters. The van der Waals surface area contributed by atoms with Crippen molar-refractivity contribution in [1.82, 2.24) is 5.32 Å². The van der Waals surface area contributed by atoms with Crippen molar-refractivity contribution in [3.05, 3.63) is 63.7 Å². The van der Waals surface area contributed by atoms with E-state index in [4.69, 9.17) is 16.3 Å². The first kappa shape index (κ1) is 18.3. The number of aryl methyl sites for hydroxylation is 2. The highest BCUT2D eigenvalue weighted by molar-refractivity contribution is 6.32. The molecular formula is C20H24ClNO2. The average molecular weight is 346 g/mol. The van der Waals surface area contributed by atoms with Crippen molar-refractivity contribution in [1.29, 1.82) is 0 Å². The smallest absolute Gasteiger partial charge is 0.251 e. The second kappa shape index (κ2) is 8.20. The zero-order chi connectivity index (χ0) is 17.7. The molecule has 0 aliphatic heterocycles. The topological polar surface area (TPSA) is 38.3 Å². The maximum absolute atomic E-state index is 12.1. The van der Waals surface area contributed by atoms with Gasteiger partial charge in [0.2, 0.25) is 0 Å². The van der Waals surface area contributed by atoms with Crippen LogP contribution in [0.4, 0.5) is 0 Å². The molecule has 0 aliphatic rings. The summed E-state index contributed by atoms with van der Waals surface area (Å²) < 4.78 is 5.83. The summed E-state index contributed by atoms with van der Waals surface area (Å²) in [6.45, 7) is 8.43. The minimum Gasteiger partial charge on any atom is -0.489 e. The number of nitrogens with one attached hydrogen (secondary N) is 1. The molecule has 1 atom stereocenters. The molecule has 2 rings (SSSR count). The lowest BCUT2D eigenvalue weighted by atomic mass is 10.1. The maximum atomic E-state index is 12.1. The van der Waals surface area contributed by atoms with Crippen molar-refractivity contribution < 1.29 is 9.53 Å². The molecule has 1 N–H and O–H groups in total. The van der Waals surface area contributed by atoms with Gasteiger partial charge < -0.3 is 10.1 Å². The highest BCUT2D eigenvalue weighted by atomic mass is 35.5. The largest absolute Gasteiger partial charge is 0.489 e. The fourth-order valence-electron chi connectivity index (χ4n) is 2.32. The Bertz CT molecular complexity index is 687. The molecule has 0 fully saturated rings. The predicted molar refractivity (Wildman–Crippen MR) is 98.9 cm³/mol. The second-order valence-electron chi connectivity index (χ2n) is 6.14. The Morgan fingerprint density at radius 1 is 1.17 bits per heavy atom. The Labute approximate surface area is 149 Å². The summed E-state index contributed by atoms with van der Waals surface area (Å²) in [6, 6.07) is 11.5. The van der Waals surface area contributed by atoms with E-state index in [1.165, 1.54) is 0 Å². The van der Waals surface area contributed by atoms with E-state index in [0.29, 0.717) is 12.2 Å². The molecule has 0 radical (unpaired) electrons. The van der Waals surface area contributed by atoms with Crippen LogP contribution in [-0.2, 0) is 6.61 Å². The van der Waals surface area contributed by atoms with Crippen molar-refractivity contribution in [3.63, 3.8) is 0 Å². The number of hydrogen-bond donors (Lipinski definition) is 1. The van der Waals surface area contributed by atoms with Crippen molar-refractivity contribution in [2.24, 2.45) is 0 Å². The third kappa shape index (κ3) is 4.75. The molecule has 0 spiro atoms. The molecule has 2 aromatic rings. The zero-order valence-electron chi connectivity index (χ0n) is 14.7. The van der Waals surface area contributed by atoms with Gasteiger partial charge >= 0.3 is 0 Å². The van der Waals surface area contributed by atoms with Crippen molar-refractivity contribution in [2.45, 2.75) is 46.8 Å². The Hall–Kier alpha value is -2.00. The van der Waals surface area contributed by atoms with E-state index in [9.17, 15) is 4.79 Å². The van der Waals surface area contributed by atoms with Gasteiger partial charge in [-0.1, -0.05) is 30.7 Å². The molecule has 3 nitrogen and oxygen atoms in total. The van der Waals surface area contributed by atoms with Gasteiger partial charge in [0.15, 0.2) is 0 Å². The van der Waals surface area contributed by atoms with Crippen LogP contribution in [0.3, 0.4) is 0 Å². The lowest BCUT2D eigenvalue weighted by Gasteiger charge is -2.12. The highest BCUT2D eigenvalue weighted by Crippen LogP contribution is 2.26.